The second-order valence-electron chi connectivity index (χ2n) is 4.25. The Hall–Kier alpha value is -1.63. The maximum atomic E-state index is 11.8. The topological polar surface area (TPSA) is 104 Å². The van der Waals surface area contributed by atoms with Gasteiger partial charge >= 0.3 is 5.97 Å². The molecule has 1 aromatic rings. The van der Waals surface area contributed by atoms with Gasteiger partial charge in [-0.25, -0.2) is 0 Å². The summed E-state index contributed by atoms with van der Waals surface area (Å²) in [7, 11) is 0. The van der Waals surface area contributed by atoms with Crippen molar-refractivity contribution in [3.05, 3.63) is 29.3 Å². The first-order valence-corrected chi connectivity index (χ1v) is 6.62. The number of nitrogens with one attached hydrogen (secondary N) is 2. The van der Waals surface area contributed by atoms with Crippen LogP contribution in [0.5, 0.6) is 0 Å². The van der Waals surface area contributed by atoms with Crippen LogP contribution in [0.1, 0.15) is 12.8 Å². The third-order valence-electron chi connectivity index (χ3n) is 2.59. The molecule has 7 heteroatoms. The van der Waals surface area contributed by atoms with Crippen molar-refractivity contribution in [2.24, 2.45) is 5.73 Å². The quantitative estimate of drug-likeness (QED) is 0.537. The van der Waals surface area contributed by atoms with E-state index in [1.54, 1.807) is 24.3 Å². The number of carboxylic acids is 1. The van der Waals surface area contributed by atoms with Crippen LogP contribution in [0.2, 0.25) is 5.02 Å². The standard InChI is InChI=1S/C13H18ClN3O3/c14-9-2-4-10(5-3-9)17-12(18)8-11(13(19)20)16-7-1-6-15/h2-5,11,16H,1,6-8,15H2,(H,17,18)(H,19,20)/t11-/m1/s1. The van der Waals surface area contributed by atoms with Crippen LogP contribution in [-0.4, -0.2) is 36.1 Å². The van der Waals surface area contributed by atoms with Crippen LogP contribution >= 0.6 is 11.6 Å². The Kier molecular flexibility index (Phi) is 7.00. The van der Waals surface area contributed by atoms with Gasteiger partial charge in [-0.2, -0.15) is 0 Å². The third kappa shape index (κ3) is 6.01. The summed E-state index contributed by atoms with van der Waals surface area (Å²) in [5.74, 6) is -1.44. The Balaban J connectivity index is 2.48. The summed E-state index contributed by atoms with van der Waals surface area (Å²) >= 11 is 5.73. The second kappa shape index (κ2) is 8.52. The van der Waals surface area contributed by atoms with Crippen LogP contribution in [0.4, 0.5) is 5.69 Å². The van der Waals surface area contributed by atoms with Crippen molar-refractivity contribution in [2.75, 3.05) is 18.4 Å². The van der Waals surface area contributed by atoms with Crippen LogP contribution < -0.4 is 16.4 Å². The molecule has 0 saturated carbocycles. The van der Waals surface area contributed by atoms with E-state index >= 15 is 0 Å². The van der Waals surface area contributed by atoms with Crippen molar-refractivity contribution in [1.29, 1.82) is 0 Å². The molecule has 0 saturated heterocycles. The molecule has 0 aliphatic heterocycles. The normalized spacial score (nSPS) is 11.9. The lowest BCUT2D eigenvalue weighted by molar-refractivity contribution is -0.141. The number of carboxylic acid groups (broad SMARTS) is 1. The first kappa shape index (κ1) is 16.4. The van der Waals surface area contributed by atoms with Crippen LogP contribution in [0, 0.1) is 0 Å². The minimum atomic E-state index is -1.06. The molecule has 0 radical (unpaired) electrons. The molecular formula is C13H18ClN3O3. The average molecular weight is 300 g/mol. The number of hydrogen-bond donors (Lipinski definition) is 4. The van der Waals surface area contributed by atoms with Gasteiger partial charge in [0, 0.05) is 10.7 Å². The summed E-state index contributed by atoms with van der Waals surface area (Å²) in [6.45, 7) is 0.929. The Labute approximate surface area is 122 Å². The number of hydrogen-bond acceptors (Lipinski definition) is 4. The van der Waals surface area contributed by atoms with Crippen molar-refractivity contribution in [1.82, 2.24) is 5.32 Å². The summed E-state index contributed by atoms with van der Waals surface area (Å²) in [6, 6.07) is 5.67. The fourth-order valence-electron chi connectivity index (χ4n) is 1.56. The number of nitrogens with two attached hydrogens (primary N) is 1. The molecule has 1 aromatic carbocycles. The minimum Gasteiger partial charge on any atom is -0.480 e. The molecule has 5 N–H and O–H groups in total. The van der Waals surface area contributed by atoms with Crippen molar-refractivity contribution < 1.29 is 14.7 Å². The smallest absolute Gasteiger partial charge is 0.321 e. The zero-order chi connectivity index (χ0) is 15.0. The van der Waals surface area contributed by atoms with Crippen LogP contribution in [0.3, 0.4) is 0 Å². The van der Waals surface area contributed by atoms with Gasteiger partial charge in [0.15, 0.2) is 0 Å². The highest BCUT2D eigenvalue weighted by Gasteiger charge is 2.20. The molecule has 0 aliphatic carbocycles. The Morgan fingerprint density at radius 1 is 1.30 bits per heavy atom. The van der Waals surface area contributed by atoms with Crippen LogP contribution in [0.25, 0.3) is 0 Å². The van der Waals surface area contributed by atoms with E-state index in [0.717, 1.165) is 0 Å². The predicted molar refractivity (Wildman–Crippen MR) is 77.8 cm³/mol. The van der Waals surface area contributed by atoms with Gasteiger partial charge in [-0.15, -0.1) is 0 Å². The lowest BCUT2D eigenvalue weighted by Gasteiger charge is -2.14. The monoisotopic (exact) mass is 299 g/mol. The summed E-state index contributed by atoms with van der Waals surface area (Å²) < 4.78 is 0. The van der Waals surface area contributed by atoms with Crippen LogP contribution in [0.15, 0.2) is 24.3 Å². The van der Waals surface area contributed by atoms with Crippen molar-refractivity contribution >= 4 is 29.2 Å². The maximum absolute atomic E-state index is 11.8. The number of halogens is 1. The molecule has 1 rings (SSSR count). The molecule has 1 amide bonds. The second-order valence-corrected chi connectivity index (χ2v) is 4.68. The fourth-order valence-corrected chi connectivity index (χ4v) is 1.68. The third-order valence-corrected chi connectivity index (χ3v) is 2.84. The van der Waals surface area contributed by atoms with E-state index < -0.39 is 12.0 Å². The summed E-state index contributed by atoms with van der Waals surface area (Å²) in [4.78, 5) is 22.8. The summed E-state index contributed by atoms with van der Waals surface area (Å²) in [5, 5.41) is 15.0. The number of carbonyl (C=O) groups excluding carboxylic acids is 1. The Bertz CT molecular complexity index is 451. The highest BCUT2D eigenvalue weighted by Crippen LogP contribution is 2.13. The van der Waals surface area contributed by atoms with Crippen molar-refractivity contribution in [2.45, 2.75) is 18.9 Å². The molecule has 0 spiro atoms. The zero-order valence-corrected chi connectivity index (χ0v) is 11.7. The number of amides is 1. The lowest BCUT2D eigenvalue weighted by Crippen LogP contribution is -2.40. The number of carbonyl (C=O) groups is 2. The zero-order valence-electron chi connectivity index (χ0n) is 10.9. The van der Waals surface area contributed by atoms with Gasteiger partial charge in [0.2, 0.25) is 5.91 Å². The van der Waals surface area contributed by atoms with E-state index in [2.05, 4.69) is 10.6 Å². The molecule has 0 aliphatic rings. The number of aliphatic carboxylic acids is 1. The van der Waals surface area contributed by atoms with Gasteiger partial charge in [0.25, 0.3) is 0 Å². The molecule has 20 heavy (non-hydrogen) atoms. The number of benzene rings is 1. The summed E-state index contributed by atoms with van der Waals surface area (Å²) in [6.07, 6.45) is 0.505. The lowest BCUT2D eigenvalue weighted by atomic mass is 10.2. The van der Waals surface area contributed by atoms with E-state index in [4.69, 9.17) is 22.4 Å². The molecule has 0 aromatic heterocycles. The average Bonchev–Trinajstić information content (AvgIpc) is 2.40. The predicted octanol–water partition coefficient (Wildman–Crippen LogP) is 1.06. The molecule has 0 unspecified atom stereocenters. The first-order chi connectivity index (χ1) is 9.52. The van der Waals surface area contributed by atoms with E-state index in [0.29, 0.717) is 30.2 Å². The SMILES string of the molecule is NCCCN[C@H](CC(=O)Nc1ccc(Cl)cc1)C(=O)O. The van der Waals surface area contributed by atoms with Gasteiger partial charge in [-0.05, 0) is 43.8 Å². The highest BCUT2D eigenvalue weighted by molar-refractivity contribution is 6.30. The maximum Gasteiger partial charge on any atom is 0.321 e. The van der Waals surface area contributed by atoms with Crippen molar-refractivity contribution in [3.63, 3.8) is 0 Å². The van der Waals surface area contributed by atoms with Crippen molar-refractivity contribution in [3.8, 4) is 0 Å². The molecule has 0 fully saturated rings. The molecule has 6 nitrogen and oxygen atoms in total. The molecule has 0 heterocycles. The van der Waals surface area contributed by atoms with E-state index in [9.17, 15) is 9.59 Å². The Morgan fingerprint density at radius 2 is 1.95 bits per heavy atom. The van der Waals surface area contributed by atoms with Gasteiger partial charge in [-0.1, -0.05) is 11.6 Å². The van der Waals surface area contributed by atoms with Gasteiger partial charge in [0.05, 0.1) is 6.42 Å². The Morgan fingerprint density at radius 3 is 2.50 bits per heavy atom. The van der Waals surface area contributed by atoms with E-state index in [-0.39, 0.29) is 12.3 Å². The molecule has 0 bridgehead atoms. The van der Waals surface area contributed by atoms with Gasteiger partial charge in [-0.3, -0.25) is 9.59 Å². The van der Waals surface area contributed by atoms with E-state index in [1.807, 2.05) is 0 Å². The molecular weight excluding hydrogens is 282 g/mol. The number of rotatable bonds is 8. The van der Waals surface area contributed by atoms with E-state index in [1.165, 1.54) is 0 Å². The molecule has 110 valence electrons. The minimum absolute atomic E-state index is 0.150. The first-order valence-electron chi connectivity index (χ1n) is 6.24. The highest BCUT2D eigenvalue weighted by atomic mass is 35.5. The molecule has 1 atom stereocenters. The van der Waals surface area contributed by atoms with Gasteiger partial charge in [0.1, 0.15) is 6.04 Å². The largest absolute Gasteiger partial charge is 0.480 e. The summed E-state index contributed by atoms with van der Waals surface area (Å²) in [5.41, 5.74) is 5.90. The fraction of sp³-hybridized carbons (Fsp3) is 0.385. The van der Waals surface area contributed by atoms with Gasteiger partial charge < -0.3 is 21.5 Å². The van der Waals surface area contributed by atoms with Crippen LogP contribution in [-0.2, 0) is 9.59 Å². The number of anilines is 1.